The van der Waals surface area contributed by atoms with E-state index in [4.69, 9.17) is 0 Å². The lowest BCUT2D eigenvalue weighted by molar-refractivity contribution is 0.221. The van der Waals surface area contributed by atoms with Crippen LogP contribution in [0.4, 0.5) is 5.82 Å². The SMILES string of the molecule is CN(C)C1CCC(Nc2ncnc3ccc(-c4cnc5cc[nH]c5c4)cc23)CC1. The fraction of sp³-hybridized carbons (Fsp3) is 0.348. The average Bonchev–Trinajstić information content (AvgIpc) is 3.22. The van der Waals surface area contributed by atoms with Gasteiger partial charge in [-0.05, 0) is 69.6 Å². The second-order valence-corrected chi connectivity index (χ2v) is 8.20. The molecule has 3 aromatic heterocycles. The topological polar surface area (TPSA) is 69.7 Å². The van der Waals surface area contributed by atoms with Crippen LogP contribution in [0.15, 0.2) is 49.1 Å². The minimum Gasteiger partial charge on any atom is -0.367 e. The molecule has 0 saturated heterocycles. The number of H-pyrrole nitrogens is 1. The van der Waals surface area contributed by atoms with E-state index >= 15 is 0 Å². The molecule has 0 bridgehead atoms. The highest BCUT2D eigenvalue weighted by molar-refractivity contribution is 5.93. The number of aromatic amines is 1. The number of nitrogens with one attached hydrogen (secondary N) is 2. The Hall–Kier alpha value is -2.99. The first kappa shape index (κ1) is 18.1. The van der Waals surface area contributed by atoms with Crippen molar-refractivity contribution < 1.29 is 0 Å². The fourth-order valence-electron chi connectivity index (χ4n) is 4.37. The Balaban J connectivity index is 1.44. The Morgan fingerprint density at radius 2 is 1.79 bits per heavy atom. The summed E-state index contributed by atoms with van der Waals surface area (Å²) >= 11 is 0. The van der Waals surface area contributed by atoms with Crippen molar-refractivity contribution in [2.24, 2.45) is 0 Å². The zero-order valence-corrected chi connectivity index (χ0v) is 16.9. The van der Waals surface area contributed by atoms with E-state index in [-0.39, 0.29) is 0 Å². The number of nitrogens with zero attached hydrogens (tertiary/aromatic N) is 4. The lowest BCUT2D eigenvalue weighted by Crippen LogP contribution is -2.36. The summed E-state index contributed by atoms with van der Waals surface area (Å²) < 4.78 is 0. The third-order valence-electron chi connectivity index (χ3n) is 6.14. The maximum Gasteiger partial charge on any atom is 0.137 e. The number of rotatable bonds is 4. The van der Waals surface area contributed by atoms with Crippen LogP contribution in [0, 0.1) is 0 Å². The normalized spacial score (nSPS) is 19.8. The van der Waals surface area contributed by atoms with Crippen LogP contribution in [0.3, 0.4) is 0 Å². The second-order valence-electron chi connectivity index (χ2n) is 8.20. The molecule has 0 amide bonds. The van der Waals surface area contributed by atoms with Crippen molar-refractivity contribution in [2.45, 2.75) is 37.8 Å². The average molecular weight is 387 g/mol. The van der Waals surface area contributed by atoms with Gasteiger partial charge in [-0.1, -0.05) is 6.07 Å². The van der Waals surface area contributed by atoms with Gasteiger partial charge in [-0.2, -0.15) is 0 Å². The van der Waals surface area contributed by atoms with Crippen molar-refractivity contribution in [1.29, 1.82) is 0 Å². The Morgan fingerprint density at radius 1 is 0.931 bits per heavy atom. The fourth-order valence-corrected chi connectivity index (χ4v) is 4.37. The first-order valence-corrected chi connectivity index (χ1v) is 10.3. The molecule has 2 N–H and O–H groups in total. The monoisotopic (exact) mass is 386 g/mol. The van der Waals surface area contributed by atoms with Gasteiger partial charge in [0.15, 0.2) is 0 Å². The van der Waals surface area contributed by atoms with Crippen molar-refractivity contribution in [1.82, 2.24) is 24.8 Å². The Labute approximate surface area is 170 Å². The minimum atomic E-state index is 0.463. The molecule has 148 valence electrons. The lowest BCUT2D eigenvalue weighted by Gasteiger charge is -2.33. The van der Waals surface area contributed by atoms with E-state index in [0.717, 1.165) is 38.9 Å². The van der Waals surface area contributed by atoms with Crippen molar-refractivity contribution in [2.75, 3.05) is 19.4 Å². The summed E-state index contributed by atoms with van der Waals surface area (Å²) in [6, 6.07) is 11.6. The number of benzene rings is 1. The van der Waals surface area contributed by atoms with Crippen LogP contribution in [0.2, 0.25) is 0 Å². The zero-order valence-electron chi connectivity index (χ0n) is 16.9. The second kappa shape index (κ2) is 7.44. The van der Waals surface area contributed by atoms with Crippen LogP contribution in [-0.4, -0.2) is 51.0 Å². The summed E-state index contributed by atoms with van der Waals surface area (Å²) in [4.78, 5) is 19.2. The molecular formula is C23H26N6. The standard InChI is InChI=1S/C23H26N6/c1-29(2)18-6-4-17(5-7-18)28-23-19-11-15(3-8-20(19)26-14-27-23)16-12-22-21(25-13-16)9-10-24-22/h3,8-14,17-18,24H,4-7H2,1-2H3,(H,26,27,28). The van der Waals surface area contributed by atoms with Crippen molar-refractivity contribution in [3.63, 3.8) is 0 Å². The number of hydrogen-bond donors (Lipinski definition) is 2. The molecular weight excluding hydrogens is 360 g/mol. The van der Waals surface area contributed by atoms with Gasteiger partial charge >= 0.3 is 0 Å². The molecule has 0 unspecified atom stereocenters. The summed E-state index contributed by atoms with van der Waals surface area (Å²) in [5.41, 5.74) is 5.19. The number of hydrogen-bond acceptors (Lipinski definition) is 5. The van der Waals surface area contributed by atoms with Crippen LogP contribution < -0.4 is 5.32 Å². The van der Waals surface area contributed by atoms with Gasteiger partial charge in [0.05, 0.1) is 16.6 Å². The third kappa shape index (κ3) is 3.56. The summed E-state index contributed by atoms with van der Waals surface area (Å²) in [6.45, 7) is 0. The predicted molar refractivity (Wildman–Crippen MR) is 118 cm³/mol. The molecule has 3 heterocycles. The Kier molecular flexibility index (Phi) is 4.64. The van der Waals surface area contributed by atoms with Gasteiger partial charge in [-0.3, -0.25) is 4.98 Å². The van der Waals surface area contributed by atoms with E-state index in [2.05, 4.69) is 68.5 Å². The van der Waals surface area contributed by atoms with Gasteiger partial charge in [-0.15, -0.1) is 0 Å². The number of fused-ring (bicyclic) bond motifs is 2. The number of pyridine rings is 1. The summed E-state index contributed by atoms with van der Waals surface area (Å²) in [7, 11) is 4.36. The highest BCUT2D eigenvalue weighted by atomic mass is 15.1. The molecule has 5 rings (SSSR count). The molecule has 29 heavy (non-hydrogen) atoms. The molecule has 6 heteroatoms. The Bertz CT molecular complexity index is 1140. The largest absolute Gasteiger partial charge is 0.367 e. The van der Waals surface area contributed by atoms with Crippen LogP contribution in [-0.2, 0) is 0 Å². The van der Waals surface area contributed by atoms with E-state index in [1.807, 2.05) is 18.5 Å². The third-order valence-corrected chi connectivity index (χ3v) is 6.14. The molecule has 1 aliphatic carbocycles. The predicted octanol–water partition coefficient (Wildman–Crippen LogP) is 4.46. The van der Waals surface area contributed by atoms with Gasteiger partial charge < -0.3 is 15.2 Å². The molecule has 4 aromatic rings. The van der Waals surface area contributed by atoms with Crippen molar-refractivity contribution in [3.05, 3.63) is 49.1 Å². The van der Waals surface area contributed by atoms with E-state index < -0.39 is 0 Å². The lowest BCUT2D eigenvalue weighted by atomic mass is 9.90. The molecule has 1 saturated carbocycles. The quantitative estimate of drug-likeness (QED) is 0.542. The first-order chi connectivity index (χ1) is 14.2. The molecule has 0 spiro atoms. The maximum atomic E-state index is 4.58. The molecule has 6 nitrogen and oxygen atoms in total. The molecule has 0 radical (unpaired) electrons. The molecule has 0 atom stereocenters. The van der Waals surface area contributed by atoms with Gasteiger partial charge in [0.1, 0.15) is 12.1 Å². The van der Waals surface area contributed by atoms with Gasteiger partial charge in [0, 0.05) is 35.4 Å². The first-order valence-electron chi connectivity index (χ1n) is 10.3. The van der Waals surface area contributed by atoms with Crippen LogP contribution in [0.1, 0.15) is 25.7 Å². The molecule has 0 aliphatic heterocycles. The van der Waals surface area contributed by atoms with Gasteiger partial charge in [0.2, 0.25) is 0 Å². The van der Waals surface area contributed by atoms with Crippen molar-refractivity contribution >= 4 is 27.8 Å². The zero-order chi connectivity index (χ0) is 19.8. The summed E-state index contributed by atoms with van der Waals surface area (Å²) in [6.07, 6.45) is 10.3. The Morgan fingerprint density at radius 3 is 2.62 bits per heavy atom. The highest BCUT2D eigenvalue weighted by Gasteiger charge is 2.23. The van der Waals surface area contributed by atoms with E-state index in [1.165, 1.54) is 25.7 Å². The molecule has 1 aromatic carbocycles. The van der Waals surface area contributed by atoms with Gasteiger partial charge in [0.25, 0.3) is 0 Å². The maximum absolute atomic E-state index is 4.58. The van der Waals surface area contributed by atoms with Crippen LogP contribution in [0.5, 0.6) is 0 Å². The molecule has 1 fully saturated rings. The van der Waals surface area contributed by atoms with E-state index in [9.17, 15) is 0 Å². The highest BCUT2D eigenvalue weighted by Crippen LogP contribution is 2.30. The number of aromatic nitrogens is 4. The van der Waals surface area contributed by atoms with E-state index in [0.29, 0.717) is 12.1 Å². The minimum absolute atomic E-state index is 0.463. The van der Waals surface area contributed by atoms with Crippen LogP contribution in [0.25, 0.3) is 33.1 Å². The molecule has 1 aliphatic rings. The summed E-state index contributed by atoms with van der Waals surface area (Å²) in [5, 5.41) is 4.76. The van der Waals surface area contributed by atoms with E-state index in [1.54, 1.807) is 6.33 Å². The summed E-state index contributed by atoms with van der Waals surface area (Å²) in [5.74, 6) is 0.930. The van der Waals surface area contributed by atoms with Crippen LogP contribution >= 0.6 is 0 Å². The van der Waals surface area contributed by atoms with Crippen molar-refractivity contribution in [3.8, 4) is 11.1 Å². The van der Waals surface area contributed by atoms with Gasteiger partial charge in [-0.25, -0.2) is 9.97 Å². The smallest absolute Gasteiger partial charge is 0.137 e. The number of anilines is 1.